The van der Waals surface area contributed by atoms with Gasteiger partial charge in [0.05, 0.1) is 18.1 Å². The summed E-state index contributed by atoms with van der Waals surface area (Å²) in [5.74, 6) is -1.60. The largest absolute Gasteiger partial charge is 0.481 e. The Hall–Kier alpha value is -1.95. The zero-order chi connectivity index (χ0) is 19.5. The van der Waals surface area contributed by atoms with Gasteiger partial charge in [-0.25, -0.2) is 4.98 Å². The Kier molecular flexibility index (Phi) is 9.88. The maximum absolute atomic E-state index is 12.6. The zero-order valence-electron chi connectivity index (χ0n) is 14.8. The highest BCUT2D eigenvalue weighted by atomic mass is 16.4. The second kappa shape index (κ2) is 11.6. The minimum absolute atomic E-state index is 0.121. The molecule has 2 atom stereocenters. The van der Waals surface area contributed by atoms with Gasteiger partial charge in [0.1, 0.15) is 0 Å². The molecule has 0 saturated carbocycles. The monoisotopic (exact) mass is 369 g/mol. The molecule has 0 aromatic carbocycles. The normalized spacial score (nSPS) is 13.2. The van der Waals surface area contributed by atoms with Crippen LogP contribution in [0.5, 0.6) is 0 Å². The summed E-state index contributed by atoms with van der Waals surface area (Å²) in [6, 6.07) is -0.797. The third-order valence-electron chi connectivity index (χ3n) is 4.03. The summed E-state index contributed by atoms with van der Waals surface area (Å²) < 4.78 is 0. The van der Waals surface area contributed by atoms with E-state index in [1.165, 1.54) is 11.2 Å². The number of rotatable bonds is 13. The number of amides is 1. The van der Waals surface area contributed by atoms with Gasteiger partial charge in [0.15, 0.2) is 0 Å². The molecule has 0 radical (unpaired) electrons. The highest BCUT2D eigenvalue weighted by molar-refractivity contribution is 6.40. The van der Waals surface area contributed by atoms with Gasteiger partial charge in [0.2, 0.25) is 5.91 Å². The first-order chi connectivity index (χ1) is 12.3. The van der Waals surface area contributed by atoms with E-state index in [2.05, 4.69) is 9.97 Å². The molecule has 0 aliphatic heterocycles. The van der Waals surface area contributed by atoms with Crippen LogP contribution in [0.3, 0.4) is 0 Å². The number of nitrogens with one attached hydrogen (secondary N) is 1. The SMILES string of the molecule is NCCN(CC(CCCB(O)O)CC(=O)O)C(=O)[C@@H](N)Cc1c[nH]cn1. The topological polar surface area (TPSA) is 179 Å². The van der Waals surface area contributed by atoms with E-state index in [1.54, 1.807) is 6.20 Å². The molecule has 10 nitrogen and oxygen atoms in total. The quantitative estimate of drug-likeness (QED) is 0.225. The summed E-state index contributed by atoms with van der Waals surface area (Å²) in [6.07, 6.45) is 4.36. The van der Waals surface area contributed by atoms with Gasteiger partial charge in [-0.2, -0.15) is 0 Å². The summed E-state index contributed by atoms with van der Waals surface area (Å²) in [5.41, 5.74) is 12.2. The van der Waals surface area contributed by atoms with Crippen LogP contribution in [-0.4, -0.2) is 74.7 Å². The molecule has 0 aliphatic carbocycles. The van der Waals surface area contributed by atoms with Crippen molar-refractivity contribution in [3.05, 3.63) is 18.2 Å². The minimum atomic E-state index is -1.43. The van der Waals surface area contributed by atoms with Crippen molar-refractivity contribution in [1.82, 2.24) is 14.9 Å². The number of carboxylic acid groups (broad SMARTS) is 1. The van der Waals surface area contributed by atoms with Gasteiger partial charge >= 0.3 is 13.1 Å². The number of nitrogens with zero attached hydrogens (tertiary/aromatic N) is 2. The number of aromatic nitrogens is 2. The molecule has 8 N–H and O–H groups in total. The summed E-state index contributed by atoms with van der Waals surface area (Å²) in [5, 5.41) is 27.0. The van der Waals surface area contributed by atoms with Crippen molar-refractivity contribution < 1.29 is 24.7 Å². The molecule has 146 valence electrons. The number of carbonyl (C=O) groups is 2. The lowest BCUT2D eigenvalue weighted by Gasteiger charge is -2.29. The molecule has 0 fully saturated rings. The first kappa shape index (κ1) is 22.1. The van der Waals surface area contributed by atoms with Crippen LogP contribution in [0.4, 0.5) is 0 Å². The van der Waals surface area contributed by atoms with E-state index >= 15 is 0 Å². The van der Waals surface area contributed by atoms with Crippen molar-refractivity contribution in [2.45, 2.75) is 38.0 Å². The van der Waals surface area contributed by atoms with E-state index in [1.807, 2.05) is 0 Å². The standard InChI is InChI=1S/C15H28BN5O5/c17-4-5-21(15(24)13(18)7-12-8-19-10-20-12)9-11(6-14(22)23)2-1-3-16(25)26/h8,10-11,13,25-26H,1-7,9,17-18H2,(H,19,20)(H,22,23)/t11?,13-/m0/s1. The number of aromatic amines is 1. The van der Waals surface area contributed by atoms with E-state index in [0.29, 0.717) is 18.5 Å². The van der Waals surface area contributed by atoms with E-state index in [4.69, 9.17) is 26.6 Å². The molecule has 1 rings (SSSR count). The van der Waals surface area contributed by atoms with E-state index in [0.717, 1.165) is 0 Å². The maximum atomic E-state index is 12.6. The first-order valence-corrected chi connectivity index (χ1v) is 8.63. The number of hydrogen-bond donors (Lipinski definition) is 6. The van der Waals surface area contributed by atoms with Crippen LogP contribution >= 0.6 is 0 Å². The van der Waals surface area contributed by atoms with Crippen molar-refractivity contribution in [2.75, 3.05) is 19.6 Å². The molecule has 1 unspecified atom stereocenters. The molecule has 26 heavy (non-hydrogen) atoms. The molecule has 1 heterocycles. The third-order valence-corrected chi connectivity index (χ3v) is 4.03. The number of H-pyrrole nitrogens is 1. The van der Waals surface area contributed by atoms with Crippen molar-refractivity contribution in [2.24, 2.45) is 17.4 Å². The van der Waals surface area contributed by atoms with Gasteiger partial charge in [-0.3, -0.25) is 9.59 Å². The van der Waals surface area contributed by atoms with Gasteiger partial charge in [-0.05, 0) is 18.7 Å². The summed E-state index contributed by atoms with van der Waals surface area (Å²) in [4.78, 5) is 32.1. The number of hydrogen-bond acceptors (Lipinski definition) is 7. The van der Waals surface area contributed by atoms with Crippen LogP contribution in [-0.2, 0) is 16.0 Å². The van der Waals surface area contributed by atoms with E-state index < -0.39 is 19.1 Å². The van der Waals surface area contributed by atoms with Crippen molar-refractivity contribution in [3.8, 4) is 0 Å². The average molecular weight is 369 g/mol. The molecular weight excluding hydrogens is 341 g/mol. The summed E-state index contributed by atoms with van der Waals surface area (Å²) >= 11 is 0. The molecule has 0 saturated heterocycles. The fourth-order valence-electron chi connectivity index (χ4n) is 2.80. The number of nitrogens with two attached hydrogens (primary N) is 2. The smallest absolute Gasteiger partial charge is 0.451 e. The Morgan fingerprint density at radius 2 is 2.12 bits per heavy atom. The molecule has 11 heteroatoms. The molecule has 0 aliphatic rings. The van der Waals surface area contributed by atoms with Crippen LogP contribution in [0.25, 0.3) is 0 Å². The van der Waals surface area contributed by atoms with Gasteiger partial charge in [-0.15, -0.1) is 0 Å². The van der Waals surface area contributed by atoms with Crippen LogP contribution in [0.15, 0.2) is 12.5 Å². The maximum Gasteiger partial charge on any atom is 0.451 e. The van der Waals surface area contributed by atoms with Crippen molar-refractivity contribution in [1.29, 1.82) is 0 Å². The Morgan fingerprint density at radius 3 is 2.65 bits per heavy atom. The minimum Gasteiger partial charge on any atom is -0.481 e. The Balaban J connectivity index is 2.69. The molecule has 1 aromatic rings. The number of imidazole rings is 1. The van der Waals surface area contributed by atoms with Crippen molar-refractivity contribution >= 4 is 19.0 Å². The number of carboxylic acids is 1. The summed E-state index contributed by atoms with van der Waals surface area (Å²) in [6.45, 7) is 0.708. The average Bonchev–Trinajstić information content (AvgIpc) is 3.05. The lowest BCUT2D eigenvalue weighted by molar-refractivity contribution is -0.140. The lowest BCUT2D eigenvalue weighted by atomic mass is 9.81. The van der Waals surface area contributed by atoms with Crippen LogP contribution in [0, 0.1) is 5.92 Å². The zero-order valence-corrected chi connectivity index (χ0v) is 14.8. The van der Waals surface area contributed by atoms with Gasteiger partial charge in [0, 0.05) is 38.7 Å². The van der Waals surface area contributed by atoms with Gasteiger partial charge in [0.25, 0.3) is 0 Å². The lowest BCUT2D eigenvalue weighted by Crippen LogP contribution is -2.48. The van der Waals surface area contributed by atoms with Gasteiger partial charge < -0.3 is 36.5 Å². The highest BCUT2D eigenvalue weighted by Crippen LogP contribution is 2.16. The van der Waals surface area contributed by atoms with Crippen LogP contribution < -0.4 is 11.5 Å². The fourth-order valence-corrected chi connectivity index (χ4v) is 2.80. The van der Waals surface area contributed by atoms with Crippen LogP contribution in [0.1, 0.15) is 25.0 Å². The fraction of sp³-hybridized carbons (Fsp3) is 0.667. The highest BCUT2D eigenvalue weighted by Gasteiger charge is 2.25. The Bertz CT molecular complexity index is 543. The van der Waals surface area contributed by atoms with E-state index in [-0.39, 0.29) is 50.6 Å². The number of aliphatic carboxylic acids is 1. The van der Waals surface area contributed by atoms with Crippen molar-refractivity contribution in [3.63, 3.8) is 0 Å². The molecule has 1 amide bonds. The van der Waals surface area contributed by atoms with Crippen LogP contribution in [0.2, 0.25) is 6.32 Å². The Labute approximate surface area is 152 Å². The molecular formula is C15H28BN5O5. The molecule has 1 aromatic heterocycles. The van der Waals surface area contributed by atoms with E-state index in [9.17, 15) is 9.59 Å². The number of carbonyl (C=O) groups excluding carboxylic acids is 1. The predicted octanol–water partition coefficient (Wildman–Crippen LogP) is -1.59. The second-order valence-electron chi connectivity index (χ2n) is 6.32. The second-order valence-corrected chi connectivity index (χ2v) is 6.32. The van der Waals surface area contributed by atoms with Gasteiger partial charge in [-0.1, -0.05) is 6.42 Å². The predicted molar refractivity (Wildman–Crippen MR) is 95.9 cm³/mol. The summed E-state index contributed by atoms with van der Waals surface area (Å²) in [7, 11) is -1.43. The first-order valence-electron chi connectivity index (χ1n) is 8.63. The third kappa shape index (κ3) is 8.43. The molecule has 0 bridgehead atoms. The molecule has 0 spiro atoms. The Morgan fingerprint density at radius 1 is 1.38 bits per heavy atom.